The summed E-state index contributed by atoms with van der Waals surface area (Å²) in [6, 6.07) is 5.51. The van der Waals surface area contributed by atoms with Crippen molar-refractivity contribution in [2.45, 2.75) is 18.8 Å². The molecule has 1 aromatic rings. The first-order valence-electron chi connectivity index (χ1n) is 7.31. The lowest BCUT2D eigenvalue weighted by atomic mass is 9.95. The van der Waals surface area contributed by atoms with Gasteiger partial charge in [-0.3, -0.25) is 4.90 Å². The topological polar surface area (TPSA) is 79.8 Å². The van der Waals surface area contributed by atoms with E-state index in [4.69, 9.17) is 4.74 Å². The van der Waals surface area contributed by atoms with Crippen molar-refractivity contribution in [1.29, 1.82) is 0 Å². The van der Waals surface area contributed by atoms with Gasteiger partial charge in [0.1, 0.15) is 12.4 Å². The smallest absolute Gasteiger partial charge is 0.415 e. The number of carbonyl (C=O) groups excluding carboxylic acids is 1. The Hall–Kier alpha value is -1.67. The second-order valence-corrected chi connectivity index (χ2v) is 7.63. The van der Waals surface area contributed by atoms with Gasteiger partial charge in [0.15, 0.2) is 0 Å². The molecule has 8 heteroatoms. The lowest BCUT2D eigenvalue weighted by molar-refractivity contribution is 0.181. The Morgan fingerprint density at radius 1 is 1.32 bits per heavy atom. The number of rotatable bonds is 3. The molecule has 120 valence electrons. The summed E-state index contributed by atoms with van der Waals surface area (Å²) in [5, 5.41) is 0. The number of hydrogen-bond acceptors (Lipinski definition) is 5. The molecule has 1 amide bonds. The van der Waals surface area contributed by atoms with Gasteiger partial charge in [-0.15, -0.1) is 0 Å². The minimum Gasteiger partial charge on any atom is -0.447 e. The summed E-state index contributed by atoms with van der Waals surface area (Å²) in [6.07, 6.45) is 2.56. The van der Waals surface area contributed by atoms with Crippen LogP contribution in [-0.2, 0) is 14.8 Å². The van der Waals surface area contributed by atoms with Gasteiger partial charge in [-0.1, -0.05) is 6.07 Å². The van der Waals surface area contributed by atoms with Gasteiger partial charge in [0, 0.05) is 24.7 Å². The molecule has 2 fully saturated rings. The first kappa shape index (κ1) is 15.2. The van der Waals surface area contributed by atoms with Crippen LogP contribution in [0.4, 0.5) is 10.6 Å². The van der Waals surface area contributed by atoms with Crippen molar-refractivity contribution in [3.05, 3.63) is 23.9 Å². The molecule has 3 rings (SSSR count). The molecular weight excluding hydrogens is 306 g/mol. The zero-order chi connectivity index (χ0) is 15.7. The fourth-order valence-corrected chi connectivity index (χ4v) is 3.82. The number of piperidine rings is 1. The predicted molar refractivity (Wildman–Crippen MR) is 81.3 cm³/mol. The Morgan fingerprint density at radius 3 is 2.82 bits per heavy atom. The van der Waals surface area contributed by atoms with Crippen LogP contribution in [0.2, 0.25) is 0 Å². The number of carbonyl (C=O) groups is 1. The van der Waals surface area contributed by atoms with E-state index >= 15 is 0 Å². The highest BCUT2D eigenvalue weighted by Gasteiger charge is 2.29. The summed E-state index contributed by atoms with van der Waals surface area (Å²) in [5.74, 6) is 0.624. The number of hydrogen-bond donors (Lipinski definition) is 0. The second-order valence-electron chi connectivity index (χ2n) is 5.65. The fraction of sp³-hybridized carbons (Fsp3) is 0.571. The maximum Gasteiger partial charge on any atom is 0.415 e. The maximum atomic E-state index is 11.7. The number of cyclic esters (lactones) is 1. The molecule has 0 spiro atoms. The molecule has 0 saturated carbocycles. The zero-order valence-electron chi connectivity index (χ0n) is 12.4. The van der Waals surface area contributed by atoms with Gasteiger partial charge >= 0.3 is 6.09 Å². The van der Waals surface area contributed by atoms with Crippen molar-refractivity contribution >= 4 is 21.9 Å². The lowest BCUT2D eigenvalue weighted by Crippen LogP contribution is -2.38. The molecule has 1 aromatic heterocycles. The van der Waals surface area contributed by atoms with Crippen LogP contribution in [0.5, 0.6) is 0 Å². The van der Waals surface area contributed by atoms with Gasteiger partial charge in [-0.25, -0.2) is 22.5 Å². The lowest BCUT2D eigenvalue weighted by Gasteiger charge is -2.30. The average molecular weight is 325 g/mol. The van der Waals surface area contributed by atoms with Gasteiger partial charge in [0.05, 0.1) is 12.8 Å². The maximum absolute atomic E-state index is 11.7. The number of aromatic nitrogens is 1. The number of nitrogens with zero attached hydrogens (tertiary/aromatic N) is 3. The van der Waals surface area contributed by atoms with Crippen LogP contribution in [0.25, 0.3) is 0 Å². The standard InChI is InChI=1S/C14H19N3O4S/c1-22(19,20)16-7-3-4-11(10-16)12-5-2-6-13(15-12)17-8-9-21-14(17)18/h2,5-6,11H,3-4,7-10H2,1H3. The van der Waals surface area contributed by atoms with Gasteiger partial charge in [-0.05, 0) is 25.0 Å². The van der Waals surface area contributed by atoms with Crippen molar-refractivity contribution < 1.29 is 17.9 Å². The van der Waals surface area contributed by atoms with Gasteiger partial charge in [0.2, 0.25) is 10.0 Å². The molecule has 22 heavy (non-hydrogen) atoms. The molecule has 7 nitrogen and oxygen atoms in total. The number of ether oxygens (including phenoxy) is 1. The molecular formula is C14H19N3O4S. The minimum absolute atomic E-state index is 0.0575. The van der Waals surface area contributed by atoms with E-state index in [0.717, 1.165) is 18.5 Å². The zero-order valence-corrected chi connectivity index (χ0v) is 13.3. The highest BCUT2D eigenvalue weighted by atomic mass is 32.2. The van der Waals surface area contributed by atoms with Crippen LogP contribution in [0, 0.1) is 0 Å². The molecule has 2 aliphatic rings. The van der Waals surface area contributed by atoms with Crippen LogP contribution in [0.1, 0.15) is 24.5 Å². The molecule has 0 aliphatic carbocycles. The Kier molecular flexibility index (Phi) is 4.05. The third-order valence-corrected chi connectivity index (χ3v) is 5.33. The van der Waals surface area contributed by atoms with E-state index in [-0.39, 0.29) is 12.0 Å². The molecule has 1 atom stereocenters. The number of amides is 1. The largest absolute Gasteiger partial charge is 0.447 e. The molecule has 1 unspecified atom stereocenters. The van der Waals surface area contributed by atoms with E-state index in [1.165, 1.54) is 15.5 Å². The summed E-state index contributed by atoms with van der Waals surface area (Å²) in [6.45, 7) is 1.87. The van der Waals surface area contributed by atoms with Gasteiger partial charge in [0.25, 0.3) is 0 Å². The van der Waals surface area contributed by atoms with Crippen molar-refractivity contribution in [1.82, 2.24) is 9.29 Å². The van der Waals surface area contributed by atoms with E-state index in [0.29, 0.717) is 32.1 Å². The Morgan fingerprint density at radius 2 is 2.14 bits per heavy atom. The third-order valence-electron chi connectivity index (χ3n) is 4.06. The van der Waals surface area contributed by atoms with E-state index in [9.17, 15) is 13.2 Å². The van der Waals surface area contributed by atoms with E-state index < -0.39 is 10.0 Å². The quantitative estimate of drug-likeness (QED) is 0.833. The highest BCUT2D eigenvalue weighted by molar-refractivity contribution is 7.88. The molecule has 3 heterocycles. The highest BCUT2D eigenvalue weighted by Crippen LogP contribution is 2.28. The van der Waals surface area contributed by atoms with Crippen LogP contribution >= 0.6 is 0 Å². The van der Waals surface area contributed by atoms with Crippen LogP contribution in [0.15, 0.2) is 18.2 Å². The number of sulfonamides is 1. The Labute approximate surface area is 129 Å². The number of pyridine rings is 1. The van der Waals surface area contributed by atoms with E-state index in [1.54, 1.807) is 6.07 Å². The average Bonchev–Trinajstić information content (AvgIpc) is 2.93. The fourth-order valence-electron chi connectivity index (χ4n) is 2.90. The molecule has 2 saturated heterocycles. The predicted octanol–water partition coefficient (Wildman–Crippen LogP) is 1.18. The van der Waals surface area contributed by atoms with E-state index in [1.807, 2.05) is 12.1 Å². The number of anilines is 1. The molecule has 0 N–H and O–H groups in total. The Bertz CT molecular complexity index is 676. The van der Waals surface area contributed by atoms with Crippen LogP contribution in [0.3, 0.4) is 0 Å². The minimum atomic E-state index is -3.18. The molecule has 2 aliphatic heterocycles. The monoisotopic (exact) mass is 325 g/mol. The van der Waals surface area contributed by atoms with Gasteiger partial charge < -0.3 is 4.74 Å². The molecule has 0 radical (unpaired) electrons. The normalized spacial score (nSPS) is 23.6. The van der Waals surface area contributed by atoms with Gasteiger partial charge in [-0.2, -0.15) is 0 Å². The molecule has 0 aromatic carbocycles. The summed E-state index contributed by atoms with van der Waals surface area (Å²) in [5.41, 5.74) is 0.825. The second kappa shape index (κ2) is 5.85. The van der Waals surface area contributed by atoms with Crippen molar-refractivity contribution in [3.8, 4) is 0 Å². The van der Waals surface area contributed by atoms with Crippen molar-refractivity contribution in [2.75, 3.05) is 37.4 Å². The van der Waals surface area contributed by atoms with Crippen LogP contribution < -0.4 is 4.90 Å². The van der Waals surface area contributed by atoms with Crippen molar-refractivity contribution in [2.24, 2.45) is 0 Å². The van der Waals surface area contributed by atoms with E-state index in [2.05, 4.69) is 4.98 Å². The summed E-state index contributed by atoms with van der Waals surface area (Å²) < 4.78 is 29.9. The summed E-state index contributed by atoms with van der Waals surface area (Å²) >= 11 is 0. The first-order chi connectivity index (χ1) is 10.4. The molecule has 0 bridgehead atoms. The summed E-state index contributed by atoms with van der Waals surface area (Å²) in [4.78, 5) is 17.7. The third kappa shape index (κ3) is 3.07. The first-order valence-corrected chi connectivity index (χ1v) is 9.16. The van der Waals surface area contributed by atoms with Crippen LogP contribution in [-0.4, -0.2) is 56.3 Å². The van der Waals surface area contributed by atoms with Crippen molar-refractivity contribution in [3.63, 3.8) is 0 Å². The SMILES string of the molecule is CS(=O)(=O)N1CCCC(c2cccc(N3CCOC3=O)n2)C1. The Balaban J connectivity index is 1.81. The summed E-state index contributed by atoms with van der Waals surface area (Å²) in [7, 11) is -3.18.